The summed E-state index contributed by atoms with van der Waals surface area (Å²) in [6.07, 6.45) is 7.24. The number of anilines is 1. The van der Waals surface area contributed by atoms with E-state index in [1.165, 1.54) is 0 Å². The topological polar surface area (TPSA) is 56.6 Å². The normalized spacial score (nSPS) is 12.6. The summed E-state index contributed by atoms with van der Waals surface area (Å²) in [4.78, 5) is 19.7. The van der Waals surface area contributed by atoms with Crippen LogP contribution >= 0.6 is 0 Å². The number of carbonyl (C=O) groups excluding carboxylic acids is 1. The SMILES string of the molecule is O=C(c1cncn1-c1ccccc1)N(CC=Cc1ccccc1)c1ccc2c(c1)OCCO2. The third kappa shape index (κ3) is 4.50. The average Bonchev–Trinajstić information content (AvgIpc) is 3.37. The van der Waals surface area contributed by atoms with E-state index in [0.29, 0.717) is 37.0 Å². The lowest BCUT2D eigenvalue weighted by Crippen LogP contribution is -2.32. The van der Waals surface area contributed by atoms with E-state index in [0.717, 1.165) is 16.9 Å². The zero-order chi connectivity index (χ0) is 22.5. The summed E-state index contributed by atoms with van der Waals surface area (Å²) < 4.78 is 13.2. The van der Waals surface area contributed by atoms with Gasteiger partial charge in [-0.15, -0.1) is 0 Å². The van der Waals surface area contributed by atoms with Crippen LogP contribution in [0.15, 0.2) is 97.5 Å². The van der Waals surface area contributed by atoms with Gasteiger partial charge in [0.15, 0.2) is 11.5 Å². The van der Waals surface area contributed by atoms with Crippen molar-refractivity contribution in [2.75, 3.05) is 24.7 Å². The molecule has 2 heterocycles. The van der Waals surface area contributed by atoms with E-state index in [9.17, 15) is 4.79 Å². The van der Waals surface area contributed by atoms with Crippen molar-refractivity contribution in [2.45, 2.75) is 0 Å². The monoisotopic (exact) mass is 437 g/mol. The molecule has 164 valence electrons. The lowest BCUT2D eigenvalue weighted by atomic mass is 10.2. The van der Waals surface area contributed by atoms with Crippen LogP contribution in [0.5, 0.6) is 11.5 Å². The van der Waals surface area contributed by atoms with E-state index >= 15 is 0 Å². The Morgan fingerprint density at radius 2 is 1.67 bits per heavy atom. The molecule has 3 aromatic carbocycles. The van der Waals surface area contributed by atoms with Crippen LogP contribution in [0.1, 0.15) is 16.1 Å². The standard InChI is InChI=1S/C27H23N3O3/c31-27(24-19-28-20-30(24)22-11-5-2-6-12-22)29(15-7-10-21-8-3-1-4-9-21)23-13-14-25-26(18-23)33-17-16-32-25/h1-14,18-20H,15-17H2. The van der Waals surface area contributed by atoms with Gasteiger partial charge in [-0.1, -0.05) is 60.7 Å². The predicted octanol–water partition coefficient (Wildman–Crippen LogP) is 5.00. The van der Waals surface area contributed by atoms with Gasteiger partial charge in [-0.3, -0.25) is 9.36 Å². The van der Waals surface area contributed by atoms with Gasteiger partial charge in [0, 0.05) is 24.0 Å². The lowest BCUT2D eigenvalue weighted by molar-refractivity contribution is 0.0983. The third-order valence-electron chi connectivity index (χ3n) is 5.37. The van der Waals surface area contributed by atoms with Crippen LogP contribution in [0.2, 0.25) is 0 Å². The number of carbonyl (C=O) groups is 1. The highest BCUT2D eigenvalue weighted by Crippen LogP contribution is 2.34. The summed E-state index contributed by atoms with van der Waals surface area (Å²) in [6.45, 7) is 1.39. The third-order valence-corrected chi connectivity index (χ3v) is 5.37. The van der Waals surface area contributed by atoms with Crippen LogP contribution in [0.4, 0.5) is 5.69 Å². The van der Waals surface area contributed by atoms with E-state index in [1.54, 1.807) is 22.0 Å². The minimum absolute atomic E-state index is 0.161. The molecular formula is C27H23N3O3. The average molecular weight is 437 g/mol. The molecule has 0 atom stereocenters. The van der Waals surface area contributed by atoms with E-state index < -0.39 is 0 Å². The fraction of sp³-hybridized carbons (Fsp3) is 0.111. The maximum absolute atomic E-state index is 13.8. The second-order valence-electron chi connectivity index (χ2n) is 7.54. The van der Waals surface area contributed by atoms with Gasteiger partial charge < -0.3 is 14.4 Å². The van der Waals surface area contributed by atoms with Gasteiger partial charge in [0.2, 0.25) is 0 Å². The number of hydrogen-bond acceptors (Lipinski definition) is 4. The quantitative estimate of drug-likeness (QED) is 0.426. The molecule has 1 aliphatic heterocycles. The summed E-state index contributed by atoms with van der Waals surface area (Å²) in [7, 11) is 0. The smallest absolute Gasteiger partial charge is 0.277 e. The Hall–Kier alpha value is -4.32. The molecule has 0 fully saturated rings. The first-order valence-corrected chi connectivity index (χ1v) is 10.8. The van der Waals surface area contributed by atoms with Crippen LogP contribution in [0.3, 0.4) is 0 Å². The number of nitrogens with zero attached hydrogens (tertiary/aromatic N) is 3. The second kappa shape index (κ2) is 9.44. The van der Waals surface area contributed by atoms with Crippen molar-refractivity contribution in [1.29, 1.82) is 0 Å². The van der Waals surface area contributed by atoms with Gasteiger partial charge in [0.1, 0.15) is 18.9 Å². The van der Waals surface area contributed by atoms with Crippen LogP contribution in [0, 0.1) is 0 Å². The Balaban J connectivity index is 1.49. The Bertz CT molecular complexity index is 1270. The first kappa shape index (κ1) is 20.6. The highest BCUT2D eigenvalue weighted by molar-refractivity contribution is 6.05. The second-order valence-corrected chi connectivity index (χ2v) is 7.54. The van der Waals surface area contributed by atoms with Gasteiger partial charge >= 0.3 is 0 Å². The molecule has 33 heavy (non-hydrogen) atoms. The lowest BCUT2D eigenvalue weighted by Gasteiger charge is -2.25. The van der Waals surface area contributed by atoms with Crippen molar-refractivity contribution in [3.63, 3.8) is 0 Å². The Morgan fingerprint density at radius 3 is 2.45 bits per heavy atom. The summed E-state index contributed by atoms with van der Waals surface area (Å²) in [5.41, 5.74) is 3.15. The predicted molar refractivity (Wildman–Crippen MR) is 128 cm³/mol. The molecule has 0 unspecified atom stereocenters. The molecule has 0 N–H and O–H groups in total. The Labute approximate surface area is 192 Å². The number of imidazole rings is 1. The van der Waals surface area contributed by atoms with Crippen molar-refractivity contribution in [2.24, 2.45) is 0 Å². The van der Waals surface area contributed by atoms with Crippen molar-refractivity contribution in [3.8, 4) is 17.2 Å². The Kier molecular flexibility index (Phi) is 5.89. The number of amides is 1. The van der Waals surface area contributed by atoms with E-state index in [2.05, 4.69) is 4.98 Å². The van der Waals surface area contributed by atoms with Gasteiger partial charge in [-0.25, -0.2) is 4.98 Å². The van der Waals surface area contributed by atoms with Crippen LogP contribution in [-0.2, 0) is 0 Å². The molecular weight excluding hydrogens is 414 g/mol. The van der Waals surface area contributed by atoms with Crippen molar-refractivity contribution < 1.29 is 14.3 Å². The summed E-state index contributed by atoms with van der Waals surface area (Å²) in [5, 5.41) is 0. The molecule has 0 bridgehead atoms. The Morgan fingerprint density at radius 1 is 0.939 bits per heavy atom. The van der Waals surface area contributed by atoms with Gasteiger partial charge in [-0.2, -0.15) is 0 Å². The fourth-order valence-corrected chi connectivity index (χ4v) is 3.75. The molecule has 0 saturated heterocycles. The fourth-order valence-electron chi connectivity index (χ4n) is 3.75. The molecule has 0 aliphatic carbocycles. The van der Waals surface area contributed by atoms with Gasteiger partial charge in [0.25, 0.3) is 5.91 Å². The maximum Gasteiger partial charge on any atom is 0.277 e. The maximum atomic E-state index is 13.8. The van der Waals surface area contributed by atoms with Crippen LogP contribution in [-0.4, -0.2) is 35.2 Å². The number of hydrogen-bond donors (Lipinski definition) is 0. The molecule has 0 saturated carbocycles. The molecule has 5 rings (SSSR count). The minimum Gasteiger partial charge on any atom is -0.486 e. The molecule has 1 aliphatic rings. The summed E-state index contributed by atoms with van der Waals surface area (Å²) in [6, 6.07) is 25.3. The number of ether oxygens (including phenoxy) is 2. The number of rotatable bonds is 6. The molecule has 4 aromatic rings. The first-order valence-electron chi connectivity index (χ1n) is 10.8. The van der Waals surface area contributed by atoms with Crippen molar-refractivity contribution in [1.82, 2.24) is 9.55 Å². The highest BCUT2D eigenvalue weighted by Gasteiger charge is 2.23. The molecule has 6 heteroatoms. The zero-order valence-corrected chi connectivity index (χ0v) is 18.0. The molecule has 6 nitrogen and oxygen atoms in total. The summed E-state index contributed by atoms with van der Waals surface area (Å²) >= 11 is 0. The number of fused-ring (bicyclic) bond motifs is 1. The first-order chi connectivity index (χ1) is 16.3. The molecule has 1 amide bonds. The van der Waals surface area contributed by atoms with Gasteiger partial charge in [-0.05, 0) is 29.8 Å². The van der Waals surface area contributed by atoms with Crippen molar-refractivity contribution >= 4 is 17.7 Å². The van der Waals surface area contributed by atoms with Crippen LogP contribution < -0.4 is 14.4 Å². The van der Waals surface area contributed by atoms with E-state index in [4.69, 9.17) is 9.47 Å². The number of para-hydroxylation sites is 1. The number of aromatic nitrogens is 2. The van der Waals surface area contributed by atoms with Crippen molar-refractivity contribution in [3.05, 3.63) is 109 Å². The van der Waals surface area contributed by atoms with Gasteiger partial charge in [0.05, 0.1) is 12.5 Å². The minimum atomic E-state index is -0.161. The number of benzene rings is 3. The van der Waals surface area contributed by atoms with E-state index in [1.807, 2.05) is 91.0 Å². The molecule has 1 aromatic heterocycles. The van der Waals surface area contributed by atoms with Crippen LogP contribution in [0.25, 0.3) is 11.8 Å². The zero-order valence-electron chi connectivity index (χ0n) is 18.0. The largest absolute Gasteiger partial charge is 0.486 e. The highest BCUT2D eigenvalue weighted by atomic mass is 16.6. The van der Waals surface area contributed by atoms with E-state index in [-0.39, 0.29) is 5.91 Å². The summed E-state index contributed by atoms with van der Waals surface area (Å²) in [5.74, 6) is 1.16. The molecule has 0 spiro atoms. The molecule has 0 radical (unpaired) electrons.